The first-order valence-electron chi connectivity index (χ1n) is 29.2. The van der Waals surface area contributed by atoms with Crippen LogP contribution < -0.4 is 0 Å². The summed E-state index contributed by atoms with van der Waals surface area (Å²) in [6.45, 7) is 6.46. The fourth-order valence-electron chi connectivity index (χ4n) is 7.91. The van der Waals surface area contributed by atoms with Crippen molar-refractivity contribution in [3.8, 4) is 0 Å². The molecule has 6 nitrogen and oxygen atoms in total. The first-order chi connectivity index (χ1) is 34.5. The zero-order chi connectivity index (χ0) is 50.7. The van der Waals surface area contributed by atoms with E-state index in [-0.39, 0.29) is 31.1 Å². The minimum atomic E-state index is -0.793. The molecule has 0 amide bonds. The van der Waals surface area contributed by atoms with Crippen LogP contribution in [0.3, 0.4) is 0 Å². The highest BCUT2D eigenvalue weighted by Gasteiger charge is 2.19. The molecule has 400 valence electrons. The number of hydrogen-bond acceptors (Lipinski definition) is 6. The summed E-state index contributed by atoms with van der Waals surface area (Å²) < 4.78 is 16.9. The molecule has 0 aromatic rings. The number of rotatable bonds is 52. The second-order valence-electron chi connectivity index (χ2n) is 19.2. The lowest BCUT2D eigenvalue weighted by atomic mass is 10.1. The number of hydrogen-bond donors (Lipinski definition) is 0. The SMILES string of the molecule is CC/C=C\C/C=C\C/C=C\C/C=C\CCCCCCCCCCC(=O)OCC(COC(=O)CCCCCCC/C=C\CCCCC)OC(=O)CCCCCCCC/C=C\C/C=C\C/C=C\CCCCC. The Morgan fingerprint density at radius 2 is 0.557 bits per heavy atom. The van der Waals surface area contributed by atoms with Crippen molar-refractivity contribution in [3.63, 3.8) is 0 Å². The molecule has 0 bridgehead atoms. The maximum atomic E-state index is 12.9. The monoisotopic (exact) mass is 973 g/mol. The van der Waals surface area contributed by atoms with Crippen LogP contribution in [-0.4, -0.2) is 37.2 Å². The third kappa shape index (κ3) is 55.3. The molecule has 0 aliphatic rings. The van der Waals surface area contributed by atoms with Gasteiger partial charge in [-0.2, -0.15) is 0 Å². The predicted octanol–water partition coefficient (Wildman–Crippen LogP) is 19.7. The van der Waals surface area contributed by atoms with Gasteiger partial charge in [-0.1, -0.05) is 227 Å². The van der Waals surface area contributed by atoms with Gasteiger partial charge >= 0.3 is 17.9 Å². The average molecular weight is 974 g/mol. The van der Waals surface area contributed by atoms with Gasteiger partial charge in [-0.15, -0.1) is 0 Å². The largest absolute Gasteiger partial charge is 0.462 e. The van der Waals surface area contributed by atoms with Crippen molar-refractivity contribution < 1.29 is 28.6 Å². The van der Waals surface area contributed by atoms with Gasteiger partial charge in [0, 0.05) is 19.3 Å². The summed E-state index contributed by atoms with van der Waals surface area (Å²) in [5.41, 5.74) is 0. The van der Waals surface area contributed by atoms with E-state index < -0.39 is 6.10 Å². The molecule has 1 unspecified atom stereocenters. The van der Waals surface area contributed by atoms with Gasteiger partial charge in [-0.25, -0.2) is 0 Å². The molecule has 0 N–H and O–H groups in total. The summed E-state index contributed by atoms with van der Waals surface area (Å²) in [5, 5.41) is 0. The molecular weight excluding hydrogens is 865 g/mol. The highest BCUT2D eigenvalue weighted by molar-refractivity contribution is 5.71. The molecule has 6 heteroatoms. The van der Waals surface area contributed by atoms with E-state index in [2.05, 4.69) is 118 Å². The predicted molar refractivity (Wildman–Crippen MR) is 302 cm³/mol. The lowest BCUT2D eigenvalue weighted by molar-refractivity contribution is -0.167. The molecule has 0 spiro atoms. The summed E-state index contributed by atoms with van der Waals surface area (Å²) in [6, 6.07) is 0. The smallest absolute Gasteiger partial charge is 0.306 e. The van der Waals surface area contributed by atoms with E-state index >= 15 is 0 Å². The molecule has 70 heavy (non-hydrogen) atoms. The van der Waals surface area contributed by atoms with Crippen molar-refractivity contribution in [1.82, 2.24) is 0 Å². The van der Waals surface area contributed by atoms with E-state index in [9.17, 15) is 14.4 Å². The summed E-state index contributed by atoms with van der Waals surface area (Å²) in [5.74, 6) is -0.916. The molecule has 0 aliphatic carbocycles. The van der Waals surface area contributed by atoms with Crippen LogP contribution in [0.25, 0.3) is 0 Å². The van der Waals surface area contributed by atoms with Crippen molar-refractivity contribution in [2.75, 3.05) is 13.2 Å². The first-order valence-corrected chi connectivity index (χ1v) is 29.2. The Balaban J connectivity index is 4.40. The molecular formula is C64H108O6. The third-order valence-electron chi connectivity index (χ3n) is 12.3. The maximum Gasteiger partial charge on any atom is 0.306 e. The highest BCUT2D eigenvalue weighted by Crippen LogP contribution is 2.14. The molecule has 1 atom stereocenters. The van der Waals surface area contributed by atoms with E-state index in [1.54, 1.807) is 0 Å². The van der Waals surface area contributed by atoms with Crippen LogP contribution in [-0.2, 0) is 28.6 Å². The van der Waals surface area contributed by atoms with Crippen molar-refractivity contribution in [2.24, 2.45) is 0 Å². The van der Waals surface area contributed by atoms with Crippen molar-refractivity contribution in [3.05, 3.63) is 97.2 Å². The van der Waals surface area contributed by atoms with Gasteiger partial charge in [0.2, 0.25) is 0 Å². The Labute approximate surface area is 432 Å². The molecule has 0 heterocycles. The Kier molecular flexibility index (Phi) is 54.9. The average Bonchev–Trinajstić information content (AvgIpc) is 3.36. The van der Waals surface area contributed by atoms with Crippen LogP contribution in [0, 0.1) is 0 Å². The quantitative estimate of drug-likeness (QED) is 0.0262. The number of carbonyl (C=O) groups is 3. The van der Waals surface area contributed by atoms with Crippen LogP contribution in [0.4, 0.5) is 0 Å². The summed E-state index contributed by atoms with van der Waals surface area (Å²) in [6.07, 6.45) is 76.8. The first kappa shape index (κ1) is 66.3. The van der Waals surface area contributed by atoms with Gasteiger partial charge in [0.1, 0.15) is 13.2 Å². The molecule has 0 aromatic heterocycles. The number of unbranched alkanes of at least 4 members (excludes halogenated alkanes) is 25. The standard InChI is InChI=1S/C64H108O6/c1-4-7-10-13-16-19-22-25-27-29-31-32-34-35-37-39-42-45-48-51-54-57-63(66)69-60-61(59-68-62(65)56-53-50-47-44-41-24-21-18-15-12-9-6-3)70-64(67)58-55-52-49-46-43-40-38-36-33-30-28-26-23-20-17-14-11-8-5-2/h7,10,16-21,25-28,31-33,36,61H,4-6,8-9,11-15,22-24,29-30,34-35,37-60H2,1-3H3/b10-7-,19-16-,20-17-,21-18-,27-25-,28-26-,32-31-,36-33-. The Morgan fingerprint density at radius 3 is 0.886 bits per heavy atom. The van der Waals surface area contributed by atoms with E-state index in [1.807, 2.05) is 0 Å². The van der Waals surface area contributed by atoms with Gasteiger partial charge < -0.3 is 14.2 Å². The maximum absolute atomic E-state index is 12.9. The van der Waals surface area contributed by atoms with Crippen molar-refractivity contribution in [1.29, 1.82) is 0 Å². The van der Waals surface area contributed by atoms with Crippen LogP contribution in [0.15, 0.2) is 97.2 Å². The second kappa shape index (κ2) is 57.9. The lowest BCUT2D eigenvalue weighted by Crippen LogP contribution is -2.30. The Hall–Kier alpha value is -3.67. The summed E-state index contributed by atoms with van der Waals surface area (Å²) in [7, 11) is 0. The second-order valence-corrected chi connectivity index (χ2v) is 19.2. The number of carbonyl (C=O) groups excluding carboxylic acids is 3. The zero-order valence-electron chi connectivity index (χ0n) is 45.8. The number of allylic oxidation sites excluding steroid dienone is 16. The Bertz CT molecular complexity index is 1400. The number of ether oxygens (including phenoxy) is 3. The van der Waals surface area contributed by atoms with Gasteiger partial charge in [-0.05, 0) is 122 Å². The molecule has 0 aliphatic heterocycles. The number of esters is 3. The zero-order valence-corrected chi connectivity index (χ0v) is 45.8. The topological polar surface area (TPSA) is 78.9 Å². The van der Waals surface area contributed by atoms with Crippen molar-refractivity contribution >= 4 is 17.9 Å². The Morgan fingerprint density at radius 1 is 0.300 bits per heavy atom. The molecule has 0 aromatic carbocycles. The highest BCUT2D eigenvalue weighted by atomic mass is 16.6. The minimum absolute atomic E-state index is 0.0901. The molecule has 0 fully saturated rings. The van der Waals surface area contributed by atoms with Gasteiger partial charge in [-0.3, -0.25) is 14.4 Å². The van der Waals surface area contributed by atoms with Crippen LogP contribution in [0.2, 0.25) is 0 Å². The summed E-state index contributed by atoms with van der Waals surface area (Å²) >= 11 is 0. The van der Waals surface area contributed by atoms with Gasteiger partial charge in [0.15, 0.2) is 6.10 Å². The fourth-order valence-corrected chi connectivity index (χ4v) is 7.91. The lowest BCUT2D eigenvalue weighted by Gasteiger charge is -2.18. The molecule has 0 saturated heterocycles. The van der Waals surface area contributed by atoms with Crippen LogP contribution in [0.5, 0.6) is 0 Å². The normalized spacial score (nSPS) is 12.8. The van der Waals surface area contributed by atoms with Crippen LogP contribution in [0.1, 0.15) is 271 Å². The van der Waals surface area contributed by atoms with Gasteiger partial charge in [0.05, 0.1) is 0 Å². The molecule has 0 radical (unpaired) electrons. The van der Waals surface area contributed by atoms with Crippen LogP contribution >= 0.6 is 0 Å². The van der Waals surface area contributed by atoms with Crippen molar-refractivity contribution in [2.45, 2.75) is 277 Å². The van der Waals surface area contributed by atoms with E-state index in [0.29, 0.717) is 19.3 Å². The fraction of sp³-hybridized carbons (Fsp3) is 0.703. The van der Waals surface area contributed by atoms with Gasteiger partial charge in [0.25, 0.3) is 0 Å². The minimum Gasteiger partial charge on any atom is -0.462 e. The molecule has 0 saturated carbocycles. The third-order valence-corrected chi connectivity index (χ3v) is 12.3. The van der Waals surface area contributed by atoms with E-state index in [4.69, 9.17) is 14.2 Å². The van der Waals surface area contributed by atoms with E-state index in [0.717, 1.165) is 122 Å². The molecule has 0 rings (SSSR count). The van der Waals surface area contributed by atoms with E-state index in [1.165, 1.54) is 109 Å². The summed E-state index contributed by atoms with van der Waals surface area (Å²) in [4.78, 5) is 38.2.